The standard InChI is InChI=1S/C12H11ClN2O/c1-7(13)11-14-12(16-15-11)10-6-8-4-2-3-5-9(8)10/h2-5,7,10H,6H2,1H3. The van der Waals surface area contributed by atoms with Crippen LogP contribution >= 0.6 is 11.6 Å². The van der Waals surface area contributed by atoms with E-state index in [4.69, 9.17) is 16.1 Å². The number of hydrogen-bond acceptors (Lipinski definition) is 3. The van der Waals surface area contributed by atoms with Crippen molar-refractivity contribution in [2.24, 2.45) is 0 Å². The predicted molar refractivity (Wildman–Crippen MR) is 60.6 cm³/mol. The fraction of sp³-hybridized carbons (Fsp3) is 0.333. The molecule has 0 bridgehead atoms. The molecule has 0 spiro atoms. The molecule has 2 unspecified atom stereocenters. The molecule has 82 valence electrons. The maximum absolute atomic E-state index is 5.90. The zero-order chi connectivity index (χ0) is 11.1. The molecule has 3 rings (SSSR count). The Morgan fingerprint density at radius 1 is 1.44 bits per heavy atom. The zero-order valence-electron chi connectivity index (χ0n) is 8.85. The van der Waals surface area contributed by atoms with Gasteiger partial charge in [0.15, 0.2) is 5.82 Å². The van der Waals surface area contributed by atoms with E-state index < -0.39 is 0 Å². The Morgan fingerprint density at radius 3 is 2.94 bits per heavy atom. The molecule has 2 atom stereocenters. The Hall–Kier alpha value is -1.35. The van der Waals surface area contributed by atoms with Crippen LogP contribution in [0.25, 0.3) is 0 Å². The number of aromatic nitrogens is 2. The maximum atomic E-state index is 5.90. The molecule has 2 aromatic rings. The van der Waals surface area contributed by atoms with Crippen LogP contribution in [0.2, 0.25) is 0 Å². The zero-order valence-corrected chi connectivity index (χ0v) is 9.61. The molecule has 0 saturated carbocycles. The van der Waals surface area contributed by atoms with E-state index in [1.807, 2.05) is 13.0 Å². The van der Waals surface area contributed by atoms with Gasteiger partial charge in [-0.1, -0.05) is 29.4 Å². The van der Waals surface area contributed by atoms with Crippen molar-refractivity contribution < 1.29 is 4.52 Å². The quantitative estimate of drug-likeness (QED) is 0.750. The summed E-state index contributed by atoms with van der Waals surface area (Å²) < 4.78 is 5.24. The van der Waals surface area contributed by atoms with E-state index in [9.17, 15) is 0 Å². The van der Waals surface area contributed by atoms with Crippen molar-refractivity contribution in [3.8, 4) is 0 Å². The summed E-state index contributed by atoms with van der Waals surface area (Å²) in [5.41, 5.74) is 2.66. The molecule has 0 saturated heterocycles. The first kappa shape index (κ1) is 9.85. The molecular weight excluding hydrogens is 224 g/mol. The van der Waals surface area contributed by atoms with Gasteiger partial charge in [0, 0.05) is 0 Å². The van der Waals surface area contributed by atoms with Gasteiger partial charge in [0.05, 0.1) is 11.3 Å². The molecule has 1 aliphatic rings. The summed E-state index contributed by atoms with van der Waals surface area (Å²) >= 11 is 5.90. The maximum Gasteiger partial charge on any atom is 0.234 e. The monoisotopic (exact) mass is 234 g/mol. The van der Waals surface area contributed by atoms with E-state index in [1.54, 1.807) is 0 Å². The van der Waals surface area contributed by atoms with E-state index >= 15 is 0 Å². The van der Waals surface area contributed by atoms with E-state index in [0.717, 1.165) is 6.42 Å². The van der Waals surface area contributed by atoms with Crippen molar-refractivity contribution >= 4 is 11.6 Å². The van der Waals surface area contributed by atoms with Crippen LogP contribution in [0.5, 0.6) is 0 Å². The van der Waals surface area contributed by atoms with Crippen molar-refractivity contribution in [3.05, 3.63) is 47.1 Å². The number of halogens is 1. The lowest BCUT2D eigenvalue weighted by atomic mass is 9.77. The minimum atomic E-state index is -0.201. The minimum Gasteiger partial charge on any atom is -0.339 e. The van der Waals surface area contributed by atoms with Crippen LogP contribution in [-0.2, 0) is 6.42 Å². The van der Waals surface area contributed by atoms with Crippen molar-refractivity contribution in [2.45, 2.75) is 24.6 Å². The van der Waals surface area contributed by atoms with Gasteiger partial charge in [-0.15, -0.1) is 11.6 Å². The summed E-state index contributed by atoms with van der Waals surface area (Å²) in [6, 6.07) is 8.33. The number of fused-ring (bicyclic) bond motifs is 1. The number of alkyl halides is 1. The second-order valence-corrected chi connectivity index (χ2v) is 4.72. The SMILES string of the molecule is CC(Cl)c1noc(C2Cc3ccccc32)n1. The first-order valence-corrected chi connectivity index (χ1v) is 5.74. The molecule has 1 aromatic heterocycles. The van der Waals surface area contributed by atoms with Crippen molar-refractivity contribution in [1.82, 2.24) is 10.1 Å². The summed E-state index contributed by atoms with van der Waals surface area (Å²) in [5, 5.41) is 3.67. The lowest BCUT2D eigenvalue weighted by Gasteiger charge is -2.26. The Morgan fingerprint density at radius 2 is 2.25 bits per heavy atom. The highest BCUT2D eigenvalue weighted by Gasteiger charge is 2.31. The first-order chi connectivity index (χ1) is 7.75. The van der Waals surface area contributed by atoms with Gasteiger partial charge < -0.3 is 4.52 Å². The largest absolute Gasteiger partial charge is 0.339 e. The molecule has 0 aliphatic heterocycles. The molecule has 0 N–H and O–H groups in total. The molecule has 4 heteroatoms. The average molecular weight is 235 g/mol. The molecule has 1 aromatic carbocycles. The molecule has 0 fully saturated rings. The summed E-state index contributed by atoms with van der Waals surface area (Å²) in [6.07, 6.45) is 0.981. The highest BCUT2D eigenvalue weighted by molar-refractivity contribution is 6.20. The second kappa shape index (κ2) is 3.59. The van der Waals surface area contributed by atoms with Crippen LogP contribution in [-0.4, -0.2) is 10.1 Å². The van der Waals surface area contributed by atoms with Crippen LogP contribution in [0.3, 0.4) is 0 Å². The third-order valence-electron chi connectivity index (χ3n) is 2.97. The van der Waals surface area contributed by atoms with Crippen molar-refractivity contribution in [1.29, 1.82) is 0 Å². The second-order valence-electron chi connectivity index (χ2n) is 4.06. The molecule has 16 heavy (non-hydrogen) atoms. The van der Waals surface area contributed by atoms with Crippen LogP contribution in [0.4, 0.5) is 0 Å². The average Bonchev–Trinajstić information content (AvgIpc) is 2.69. The summed E-state index contributed by atoms with van der Waals surface area (Å²) in [5.74, 6) is 1.51. The van der Waals surface area contributed by atoms with Gasteiger partial charge in [-0.2, -0.15) is 4.98 Å². The van der Waals surface area contributed by atoms with E-state index in [0.29, 0.717) is 11.7 Å². The summed E-state index contributed by atoms with van der Waals surface area (Å²) in [4.78, 5) is 4.32. The van der Waals surface area contributed by atoms with Gasteiger partial charge in [0.2, 0.25) is 5.89 Å². The number of rotatable bonds is 2. The summed E-state index contributed by atoms with van der Waals surface area (Å²) in [7, 11) is 0. The number of hydrogen-bond donors (Lipinski definition) is 0. The van der Waals surface area contributed by atoms with Crippen molar-refractivity contribution in [3.63, 3.8) is 0 Å². The van der Waals surface area contributed by atoms with E-state index in [1.165, 1.54) is 11.1 Å². The van der Waals surface area contributed by atoms with Crippen LogP contribution in [0, 0.1) is 0 Å². The number of benzene rings is 1. The van der Waals surface area contributed by atoms with E-state index in [-0.39, 0.29) is 11.3 Å². The van der Waals surface area contributed by atoms with Crippen LogP contribution in [0.15, 0.2) is 28.8 Å². The minimum absolute atomic E-state index is 0.201. The molecule has 1 aliphatic carbocycles. The normalized spacial score (nSPS) is 20.0. The van der Waals surface area contributed by atoms with Gasteiger partial charge in [0.1, 0.15) is 0 Å². The molecular formula is C12H11ClN2O. The smallest absolute Gasteiger partial charge is 0.234 e. The van der Waals surface area contributed by atoms with E-state index in [2.05, 4.69) is 28.3 Å². The number of nitrogens with zero attached hydrogens (tertiary/aromatic N) is 2. The Bertz CT molecular complexity index is 521. The van der Waals surface area contributed by atoms with Gasteiger partial charge in [0.25, 0.3) is 0 Å². The Labute approximate surface area is 98.4 Å². The summed E-state index contributed by atoms with van der Waals surface area (Å²) in [6.45, 7) is 1.84. The Kier molecular flexibility index (Phi) is 2.21. The van der Waals surface area contributed by atoms with Gasteiger partial charge in [-0.05, 0) is 24.5 Å². The lowest BCUT2D eigenvalue weighted by Crippen LogP contribution is -2.18. The first-order valence-electron chi connectivity index (χ1n) is 5.31. The highest BCUT2D eigenvalue weighted by Crippen LogP contribution is 2.39. The fourth-order valence-corrected chi connectivity index (χ4v) is 2.12. The van der Waals surface area contributed by atoms with Gasteiger partial charge in [-0.25, -0.2) is 0 Å². The molecule has 0 amide bonds. The van der Waals surface area contributed by atoms with Gasteiger partial charge >= 0.3 is 0 Å². The van der Waals surface area contributed by atoms with Crippen LogP contribution in [0.1, 0.15) is 41.1 Å². The van der Waals surface area contributed by atoms with Crippen molar-refractivity contribution in [2.75, 3.05) is 0 Å². The fourth-order valence-electron chi connectivity index (χ4n) is 2.03. The predicted octanol–water partition coefficient (Wildman–Crippen LogP) is 3.06. The third-order valence-corrected chi connectivity index (χ3v) is 3.16. The molecule has 3 nitrogen and oxygen atoms in total. The third kappa shape index (κ3) is 1.43. The topological polar surface area (TPSA) is 38.9 Å². The highest BCUT2D eigenvalue weighted by atomic mass is 35.5. The van der Waals surface area contributed by atoms with Crippen LogP contribution < -0.4 is 0 Å². The lowest BCUT2D eigenvalue weighted by molar-refractivity contribution is 0.352. The molecule has 0 radical (unpaired) electrons. The van der Waals surface area contributed by atoms with Gasteiger partial charge in [-0.3, -0.25) is 0 Å². The Balaban J connectivity index is 1.91. The molecule has 1 heterocycles.